The molecule has 17 heavy (non-hydrogen) atoms. The highest BCUT2D eigenvalue weighted by molar-refractivity contribution is 4.80. The molecule has 0 spiro atoms. The molecule has 0 amide bonds. The Morgan fingerprint density at radius 1 is 1.29 bits per heavy atom. The molecule has 1 N–H and O–H groups in total. The van der Waals surface area contributed by atoms with Gasteiger partial charge in [-0.15, -0.1) is 0 Å². The maximum Gasteiger partial charge on any atom is 0.0699 e. The van der Waals surface area contributed by atoms with Crippen LogP contribution in [0.2, 0.25) is 0 Å². The molecule has 0 aromatic heterocycles. The minimum Gasteiger partial charge on any atom is -0.377 e. The Bertz CT molecular complexity index is 216. The van der Waals surface area contributed by atoms with Gasteiger partial charge in [-0.1, -0.05) is 0 Å². The molecule has 0 radical (unpaired) electrons. The number of hydrogen-bond donors (Lipinski definition) is 1. The molecule has 0 aromatic rings. The largest absolute Gasteiger partial charge is 0.377 e. The van der Waals surface area contributed by atoms with Crippen molar-refractivity contribution in [3.63, 3.8) is 0 Å². The molecule has 0 aromatic carbocycles. The summed E-state index contributed by atoms with van der Waals surface area (Å²) in [5, 5.41) is 3.69. The van der Waals surface area contributed by atoms with Gasteiger partial charge in [0.1, 0.15) is 0 Å². The predicted octanol–water partition coefficient (Wildman–Crippen LogP) is 1.88. The molecule has 3 unspecified atom stereocenters. The normalized spacial score (nSPS) is 33.5. The number of ether oxygens (including phenoxy) is 1. The van der Waals surface area contributed by atoms with Crippen LogP contribution in [0.3, 0.4) is 0 Å². The van der Waals surface area contributed by atoms with Crippen molar-refractivity contribution in [1.82, 2.24) is 10.2 Å². The number of nitrogens with zero attached hydrogens (tertiary/aromatic N) is 1. The number of hydrogen-bond acceptors (Lipinski definition) is 3. The molecule has 100 valence electrons. The van der Waals surface area contributed by atoms with Gasteiger partial charge in [0.25, 0.3) is 0 Å². The second-order valence-corrected chi connectivity index (χ2v) is 5.85. The summed E-state index contributed by atoms with van der Waals surface area (Å²) in [6.45, 7) is 6.87. The third kappa shape index (κ3) is 4.23. The number of rotatable bonds is 4. The fourth-order valence-corrected chi connectivity index (χ4v) is 3.07. The molecule has 2 aliphatic rings. The lowest BCUT2D eigenvalue weighted by Gasteiger charge is -2.35. The SMILES string of the molecule is CC(NCC1CCCCO1)C1CCCN(C)C1. The van der Waals surface area contributed by atoms with Crippen molar-refractivity contribution in [2.24, 2.45) is 5.92 Å². The van der Waals surface area contributed by atoms with E-state index in [1.54, 1.807) is 0 Å². The minimum absolute atomic E-state index is 0.465. The fourth-order valence-electron chi connectivity index (χ4n) is 3.07. The summed E-state index contributed by atoms with van der Waals surface area (Å²) in [7, 11) is 2.24. The Morgan fingerprint density at radius 3 is 2.88 bits per heavy atom. The zero-order valence-corrected chi connectivity index (χ0v) is 11.5. The van der Waals surface area contributed by atoms with Crippen molar-refractivity contribution in [2.75, 3.05) is 33.3 Å². The molecule has 0 bridgehead atoms. The van der Waals surface area contributed by atoms with Gasteiger partial charge in [0.2, 0.25) is 0 Å². The molecule has 2 rings (SSSR count). The van der Waals surface area contributed by atoms with Gasteiger partial charge in [-0.3, -0.25) is 0 Å². The maximum absolute atomic E-state index is 5.76. The van der Waals surface area contributed by atoms with E-state index in [1.165, 1.54) is 45.2 Å². The van der Waals surface area contributed by atoms with Crippen LogP contribution in [0.5, 0.6) is 0 Å². The molecule has 0 aliphatic carbocycles. The van der Waals surface area contributed by atoms with Crippen molar-refractivity contribution >= 4 is 0 Å². The van der Waals surface area contributed by atoms with Gasteiger partial charge in [0.15, 0.2) is 0 Å². The summed E-state index contributed by atoms with van der Waals surface area (Å²) >= 11 is 0. The van der Waals surface area contributed by atoms with Crippen LogP contribution in [0, 0.1) is 5.92 Å². The Hall–Kier alpha value is -0.120. The van der Waals surface area contributed by atoms with Crippen molar-refractivity contribution in [2.45, 2.75) is 51.2 Å². The first-order valence-electron chi connectivity index (χ1n) is 7.29. The maximum atomic E-state index is 5.76. The second-order valence-electron chi connectivity index (χ2n) is 5.85. The van der Waals surface area contributed by atoms with E-state index in [0.717, 1.165) is 19.1 Å². The highest BCUT2D eigenvalue weighted by atomic mass is 16.5. The van der Waals surface area contributed by atoms with Crippen LogP contribution in [0.25, 0.3) is 0 Å². The lowest BCUT2D eigenvalue weighted by molar-refractivity contribution is 0.0136. The van der Waals surface area contributed by atoms with E-state index in [-0.39, 0.29) is 0 Å². The Labute approximate surface area is 106 Å². The summed E-state index contributed by atoms with van der Waals surface area (Å²) in [6.07, 6.45) is 7.03. The van der Waals surface area contributed by atoms with Gasteiger partial charge < -0.3 is 15.0 Å². The highest BCUT2D eigenvalue weighted by Crippen LogP contribution is 2.19. The fraction of sp³-hybridized carbons (Fsp3) is 1.00. The third-order valence-electron chi connectivity index (χ3n) is 4.31. The van der Waals surface area contributed by atoms with Crippen LogP contribution in [0.4, 0.5) is 0 Å². The van der Waals surface area contributed by atoms with Crippen LogP contribution in [-0.4, -0.2) is 50.3 Å². The number of likely N-dealkylation sites (tertiary alicyclic amines) is 1. The minimum atomic E-state index is 0.465. The van der Waals surface area contributed by atoms with Crippen LogP contribution in [0.1, 0.15) is 39.0 Å². The molecule has 3 atom stereocenters. The van der Waals surface area contributed by atoms with Crippen molar-refractivity contribution < 1.29 is 4.74 Å². The van der Waals surface area contributed by atoms with Gasteiger partial charge in [-0.05, 0) is 58.5 Å². The lowest BCUT2D eigenvalue weighted by atomic mass is 9.91. The Balaban J connectivity index is 1.67. The summed E-state index contributed by atoms with van der Waals surface area (Å²) in [5.74, 6) is 0.817. The lowest BCUT2D eigenvalue weighted by Crippen LogP contribution is -2.45. The van der Waals surface area contributed by atoms with E-state index >= 15 is 0 Å². The standard InChI is InChI=1S/C14H28N2O/c1-12(13-6-5-8-16(2)11-13)15-10-14-7-3-4-9-17-14/h12-15H,3-11H2,1-2H3. The molecule has 2 aliphatic heterocycles. The summed E-state index contributed by atoms with van der Waals surface area (Å²) in [5.41, 5.74) is 0. The summed E-state index contributed by atoms with van der Waals surface area (Å²) < 4.78 is 5.76. The average Bonchev–Trinajstić information content (AvgIpc) is 2.37. The third-order valence-corrected chi connectivity index (χ3v) is 4.31. The summed E-state index contributed by atoms with van der Waals surface area (Å²) in [6, 6.07) is 0.628. The van der Waals surface area contributed by atoms with Gasteiger partial charge in [-0.2, -0.15) is 0 Å². The van der Waals surface area contributed by atoms with Gasteiger partial charge in [0, 0.05) is 25.7 Å². The van der Waals surface area contributed by atoms with Crippen molar-refractivity contribution in [3.05, 3.63) is 0 Å². The van der Waals surface area contributed by atoms with Crippen molar-refractivity contribution in [3.8, 4) is 0 Å². The van der Waals surface area contributed by atoms with E-state index in [1.807, 2.05) is 0 Å². The molecular formula is C14H28N2O. The molecule has 2 heterocycles. The van der Waals surface area contributed by atoms with Gasteiger partial charge in [-0.25, -0.2) is 0 Å². The quantitative estimate of drug-likeness (QED) is 0.812. The van der Waals surface area contributed by atoms with Gasteiger partial charge >= 0.3 is 0 Å². The Morgan fingerprint density at radius 2 is 2.18 bits per heavy atom. The van der Waals surface area contributed by atoms with Crippen LogP contribution in [0.15, 0.2) is 0 Å². The van der Waals surface area contributed by atoms with Crippen molar-refractivity contribution in [1.29, 1.82) is 0 Å². The molecule has 2 fully saturated rings. The number of piperidine rings is 1. The van der Waals surface area contributed by atoms with Crippen LogP contribution >= 0.6 is 0 Å². The van der Waals surface area contributed by atoms with E-state index in [9.17, 15) is 0 Å². The predicted molar refractivity (Wildman–Crippen MR) is 71.3 cm³/mol. The first-order chi connectivity index (χ1) is 8.25. The monoisotopic (exact) mass is 240 g/mol. The van der Waals surface area contributed by atoms with E-state index in [4.69, 9.17) is 4.74 Å². The molecular weight excluding hydrogens is 212 g/mol. The highest BCUT2D eigenvalue weighted by Gasteiger charge is 2.23. The Kier molecular flexibility index (Phi) is 5.26. The van der Waals surface area contributed by atoms with E-state index in [2.05, 4.69) is 24.2 Å². The molecule has 2 saturated heterocycles. The zero-order valence-electron chi connectivity index (χ0n) is 11.5. The molecule has 3 heteroatoms. The van der Waals surface area contributed by atoms with Gasteiger partial charge in [0.05, 0.1) is 6.10 Å². The second kappa shape index (κ2) is 6.72. The van der Waals surface area contributed by atoms with E-state index < -0.39 is 0 Å². The smallest absolute Gasteiger partial charge is 0.0699 e. The van der Waals surface area contributed by atoms with Crippen LogP contribution < -0.4 is 5.32 Å². The summed E-state index contributed by atoms with van der Waals surface area (Å²) in [4.78, 5) is 2.46. The van der Waals surface area contributed by atoms with Crippen LogP contribution in [-0.2, 0) is 4.74 Å². The topological polar surface area (TPSA) is 24.5 Å². The molecule has 0 saturated carbocycles. The average molecular weight is 240 g/mol. The first kappa shape index (κ1) is 13.3. The first-order valence-corrected chi connectivity index (χ1v) is 7.29. The van der Waals surface area contributed by atoms with E-state index in [0.29, 0.717) is 12.1 Å². The molecule has 3 nitrogen and oxygen atoms in total. The number of nitrogens with one attached hydrogen (secondary N) is 1. The zero-order chi connectivity index (χ0) is 12.1.